The van der Waals surface area contributed by atoms with Crippen LogP contribution in [0.2, 0.25) is 0 Å². The molecule has 0 unspecified atom stereocenters. The largest absolute Gasteiger partial charge is 0.339 e. The van der Waals surface area contributed by atoms with Gasteiger partial charge in [0.05, 0.1) is 0 Å². The minimum Gasteiger partial charge on any atom is -0.339 e. The number of carbonyl (C=O) groups is 2. The molecule has 1 N–H and O–H groups in total. The summed E-state index contributed by atoms with van der Waals surface area (Å²) in [5.74, 6) is 0.375. The van der Waals surface area contributed by atoms with Crippen molar-refractivity contribution < 1.29 is 18.5 Å². The summed E-state index contributed by atoms with van der Waals surface area (Å²) in [4.78, 5) is 31.9. The lowest BCUT2D eigenvalue weighted by Gasteiger charge is -2.34. The van der Waals surface area contributed by atoms with Crippen LogP contribution in [0, 0.1) is 12.7 Å². The first-order valence-electron chi connectivity index (χ1n) is 8.40. The number of benzene rings is 1. The fourth-order valence-electron chi connectivity index (χ4n) is 2.75. The molecule has 26 heavy (non-hydrogen) atoms. The fraction of sp³-hybridized carbons (Fsp3) is 0.412. The third-order valence-electron chi connectivity index (χ3n) is 4.11. The summed E-state index contributed by atoms with van der Waals surface area (Å²) in [6.07, 6.45) is 0.463. The van der Waals surface area contributed by atoms with E-state index in [1.165, 1.54) is 18.2 Å². The second-order valence-electron chi connectivity index (χ2n) is 6.01. The number of piperazine rings is 1. The zero-order chi connectivity index (χ0) is 18.5. The molecular weight excluding hydrogens is 341 g/mol. The van der Waals surface area contributed by atoms with Crippen molar-refractivity contribution in [2.75, 3.05) is 32.7 Å². The number of aryl methyl sites for hydroxylation is 1. The van der Waals surface area contributed by atoms with Crippen LogP contribution in [0.25, 0.3) is 0 Å². The molecule has 1 saturated heterocycles. The normalized spacial score (nSPS) is 14.4. The van der Waals surface area contributed by atoms with Gasteiger partial charge in [-0.2, -0.15) is 4.98 Å². The first kappa shape index (κ1) is 17.8. The highest BCUT2D eigenvalue weighted by Gasteiger charge is 2.24. The van der Waals surface area contributed by atoms with Crippen LogP contribution in [0.5, 0.6) is 0 Å². The average Bonchev–Trinajstić information content (AvgIpc) is 3.06. The monoisotopic (exact) mass is 361 g/mol. The minimum absolute atomic E-state index is 0.195. The molecule has 0 bridgehead atoms. The Morgan fingerprint density at radius 2 is 1.96 bits per heavy atom. The van der Waals surface area contributed by atoms with E-state index in [-0.39, 0.29) is 11.9 Å². The van der Waals surface area contributed by atoms with Crippen LogP contribution >= 0.6 is 0 Å². The van der Waals surface area contributed by atoms with Gasteiger partial charge >= 0.3 is 6.03 Å². The number of nitrogens with zero attached hydrogens (tertiary/aromatic N) is 4. The second-order valence-corrected chi connectivity index (χ2v) is 6.01. The van der Waals surface area contributed by atoms with Gasteiger partial charge in [-0.25, -0.2) is 9.18 Å². The fourth-order valence-corrected chi connectivity index (χ4v) is 2.75. The smallest absolute Gasteiger partial charge is 0.317 e. The number of urea groups is 1. The third kappa shape index (κ3) is 4.35. The summed E-state index contributed by atoms with van der Waals surface area (Å²) in [5, 5.41) is 6.49. The third-order valence-corrected chi connectivity index (χ3v) is 4.11. The summed E-state index contributed by atoms with van der Waals surface area (Å²) < 4.78 is 18.2. The number of amides is 3. The van der Waals surface area contributed by atoms with Crippen LogP contribution in [0.3, 0.4) is 0 Å². The zero-order valence-electron chi connectivity index (χ0n) is 14.4. The highest BCUT2D eigenvalue weighted by Crippen LogP contribution is 2.10. The second kappa shape index (κ2) is 7.94. The first-order valence-corrected chi connectivity index (χ1v) is 8.40. The van der Waals surface area contributed by atoms with Crippen molar-refractivity contribution in [3.8, 4) is 0 Å². The van der Waals surface area contributed by atoms with Crippen molar-refractivity contribution in [2.45, 2.75) is 13.3 Å². The predicted molar refractivity (Wildman–Crippen MR) is 90.0 cm³/mol. The van der Waals surface area contributed by atoms with Crippen LogP contribution in [-0.2, 0) is 6.42 Å². The maximum absolute atomic E-state index is 13.3. The van der Waals surface area contributed by atoms with E-state index in [0.717, 1.165) is 0 Å². The summed E-state index contributed by atoms with van der Waals surface area (Å²) in [6.45, 7) is 3.79. The van der Waals surface area contributed by atoms with Gasteiger partial charge in [-0.05, 0) is 25.1 Å². The van der Waals surface area contributed by atoms with Crippen molar-refractivity contribution in [3.05, 3.63) is 47.4 Å². The van der Waals surface area contributed by atoms with Crippen molar-refractivity contribution >= 4 is 11.9 Å². The number of aromatic nitrogens is 2. The minimum atomic E-state index is -0.440. The molecule has 2 aromatic rings. The van der Waals surface area contributed by atoms with E-state index in [2.05, 4.69) is 15.5 Å². The van der Waals surface area contributed by atoms with Gasteiger partial charge in [-0.3, -0.25) is 4.79 Å². The Kier molecular flexibility index (Phi) is 5.45. The number of hydrogen-bond acceptors (Lipinski definition) is 5. The van der Waals surface area contributed by atoms with Crippen molar-refractivity contribution in [2.24, 2.45) is 0 Å². The van der Waals surface area contributed by atoms with Gasteiger partial charge in [0.25, 0.3) is 5.91 Å². The maximum Gasteiger partial charge on any atom is 0.317 e. The predicted octanol–water partition coefficient (Wildman–Crippen LogP) is 1.23. The van der Waals surface area contributed by atoms with E-state index < -0.39 is 5.82 Å². The molecule has 1 fully saturated rings. The number of carbonyl (C=O) groups excluding carboxylic acids is 2. The number of rotatable bonds is 4. The van der Waals surface area contributed by atoms with Crippen LogP contribution < -0.4 is 5.32 Å². The van der Waals surface area contributed by atoms with Gasteiger partial charge in [-0.1, -0.05) is 11.2 Å². The van der Waals surface area contributed by atoms with Gasteiger partial charge in [0.2, 0.25) is 5.89 Å². The molecule has 1 aromatic carbocycles. The van der Waals surface area contributed by atoms with E-state index in [1.54, 1.807) is 22.8 Å². The highest BCUT2D eigenvalue weighted by molar-refractivity contribution is 5.94. The molecule has 1 aliphatic rings. The maximum atomic E-state index is 13.3. The highest BCUT2D eigenvalue weighted by atomic mass is 19.1. The molecule has 3 amide bonds. The molecule has 0 aliphatic carbocycles. The van der Waals surface area contributed by atoms with E-state index in [0.29, 0.717) is 56.4 Å². The molecule has 1 aromatic heterocycles. The SMILES string of the molecule is Cc1noc(CCNC(=O)N2CCN(C(=O)c3cccc(F)c3)CC2)n1. The van der Waals surface area contributed by atoms with E-state index >= 15 is 0 Å². The van der Waals surface area contributed by atoms with Crippen molar-refractivity contribution in [3.63, 3.8) is 0 Å². The van der Waals surface area contributed by atoms with Crippen molar-refractivity contribution in [1.82, 2.24) is 25.3 Å². The van der Waals surface area contributed by atoms with E-state index in [4.69, 9.17) is 4.52 Å². The lowest BCUT2D eigenvalue weighted by Crippen LogP contribution is -2.53. The molecule has 3 rings (SSSR count). The number of nitrogens with one attached hydrogen (secondary N) is 1. The number of hydrogen-bond donors (Lipinski definition) is 1. The molecule has 0 atom stereocenters. The molecule has 2 heterocycles. The molecular formula is C17H20FN5O3. The molecule has 9 heteroatoms. The molecule has 0 saturated carbocycles. The first-order chi connectivity index (χ1) is 12.5. The molecule has 1 aliphatic heterocycles. The molecule has 8 nitrogen and oxygen atoms in total. The Hall–Kier alpha value is -2.97. The summed E-state index contributed by atoms with van der Waals surface area (Å²) >= 11 is 0. The van der Waals surface area contributed by atoms with Gasteiger partial charge in [0.15, 0.2) is 5.82 Å². The quantitative estimate of drug-likeness (QED) is 0.884. The Balaban J connectivity index is 1.44. The number of halogens is 1. The Bertz CT molecular complexity index is 786. The average molecular weight is 361 g/mol. The Morgan fingerprint density at radius 3 is 2.62 bits per heavy atom. The Morgan fingerprint density at radius 1 is 1.23 bits per heavy atom. The van der Waals surface area contributed by atoms with Gasteiger partial charge in [0.1, 0.15) is 5.82 Å². The van der Waals surface area contributed by atoms with Crippen LogP contribution in [-0.4, -0.2) is 64.6 Å². The van der Waals surface area contributed by atoms with E-state index in [9.17, 15) is 14.0 Å². The molecule has 138 valence electrons. The summed E-state index contributed by atoms with van der Waals surface area (Å²) in [5.41, 5.74) is 0.317. The standard InChI is InChI=1S/C17H20FN5O3/c1-12-20-15(26-21-12)5-6-19-17(25)23-9-7-22(8-10-23)16(24)13-3-2-4-14(18)11-13/h2-4,11H,5-10H2,1H3,(H,19,25). The summed E-state index contributed by atoms with van der Waals surface area (Å²) in [6, 6.07) is 5.43. The molecule has 0 radical (unpaired) electrons. The lowest BCUT2D eigenvalue weighted by molar-refractivity contribution is 0.0664. The van der Waals surface area contributed by atoms with Crippen molar-refractivity contribution in [1.29, 1.82) is 0 Å². The zero-order valence-corrected chi connectivity index (χ0v) is 14.4. The van der Waals surface area contributed by atoms with Crippen LogP contribution in [0.15, 0.2) is 28.8 Å². The topological polar surface area (TPSA) is 91.6 Å². The summed E-state index contributed by atoms with van der Waals surface area (Å²) in [7, 11) is 0. The lowest BCUT2D eigenvalue weighted by atomic mass is 10.2. The van der Waals surface area contributed by atoms with Gasteiger partial charge < -0.3 is 19.6 Å². The van der Waals surface area contributed by atoms with Gasteiger partial charge in [0, 0.05) is 44.7 Å². The van der Waals surface area contributed by atoms with Crippen LogP contribution in [0.4, 0.5) is 9.18 Å². The molecule has 0 spiro atoms. The Labute approximate surface area is 150 Å². The van der Waals surface area contributed by atoms with E-state index in [1.807, 2.05) is 0 Å². The van der Waals surface area contributed by atoms with Gasteiger partial charge in [-0.15, -0.1) is 0 Å². The van der Waals surface area contributed by atoms with Crippen LogP contribution in [0.1, 0.15) is 22.1 Å².